The lowest BCUT2D eigenvalue weighted by molar-refractivity contribution is 0.624. The van der Waals surface area contributed by atoms with Crippen molar-refractivity contribution in [1.82, 2.24) is 9.97 Å². The summed E-state index contributed by atoms with van der Waals surface area (Å²) in [5.41, 5.74) is 2.36. The van der Waals surface area contributed by atoms with E-state index in [4.69, 9.17) is 5.26 Å². The van der Waals surface area contributed by atoms with Gasteiger partial charge in [-0.15, -0.1) is 0 Å². The summed E-state index contributed by atoms with van der Waals surface area (Å²) < 4.78 is 28.0. The highest BCUT2D eigenvalue weighted by atomic mass is 19.1. The number of nitriles is 1. The van der Waals surface area contributed by atoms with Gasteiger partial charge in [0.25, 0.3) is 0 Å². The first-order valence-corrected chi connectivity index (χ1v) is 7.93. The van der Waals surface area contributed by atoms with Gasteiger partial charge in [0.15, 0.2) is 5.82 Å². The molecule has 0 spiro atoms. The second-order valence-corrected chi connectivity index (χ2v) is 5.67. The SMILES string of the molecule is CCCc1ccc(-c2cnc(-c3ccc(C#N)c(F)c3)nc2)c(F)c1. The van der Waals surface area contributed by atoms with E-state index in [9.17, 15) is 8.78 Å². The zero-order valence-corrected chi connectivity index (χ0v) is 13.6. The molecule has 3 rings (SSSR count). The summed E-state index contributed by atoms with van der Waals surface area (Å²) in [7, 11) is 0. The number of benzene rings is 2. The average molecular weight is 335 g/mol. The Labute approximate surface area is 144 Å². The van der Waals surface area contributed by atoms with Gasteiger partial charge >= 0.3 is 0 Å². The van der Waals surface area contributed by atoms with Gasteiger partial charge in [-0.1, -0.05) is 25.5 Å². The van der Waals surface area contributed by atoms with Crippen LogP contribution in [-0.4, -0.2) is 9.97 Å². The van der Waals surface area contributed by atoms with Crippen LogP contribution in [0.15, 0.2) is 48.8 Å². The monoisotopic (exact) mass is 335 g/mol. The van der Waals surface area contributed by atoms with E-state index in [1.807, 2.05) is 13.0 Å². The summed E-state index contributed by atoms with van der Waals surface area (Å²) in [6.45, 7) is 2.05. The Morgan fingerprint density at radius 1 is 0.960 bits per heavy atom. The number of hydrogen-bond donors (Lipinski definition) is 0. The first-order valence-electron chi connectivity index (χ1n) is 7.93. The number of aromatic nitrogens is 2. The van der Waals surface area contributed by atoms with Gasteiger partial charge in [-0.2, -0.15) is 5.26 Å². The fourth-order valence-corrected chi connectivity index (χ4v) is 2.60. The van der Waals surface area contributed by atoms with Crippen LogP contribution in [0.2, 0.25) is 0 Å². The van der Waals surface area contributed by atoms with Crippen LogP contribution in [0.5, 0.6) is 0 Å². The molecule has 0 radical (unpaired) electrons. The summed E-state index contributed by atoms with van der Waals surface area (Å²) in [6.07, 6.45) is 4.81. The van der Waals surface area contributed by atoms with Crippen molar-refractivity contribution in [3.05, 3.63) is 71.6 Å². The van der Waals surface area contributed by atoms with Crippen LogP contribution in [0.25, 0.3) is 22.5 Å². The van der Waals surface area contributed by atoms with Gasteiger partial charge < -0.3 is 0 Å². The zero-order chi connectivity index (χ0) is 17.8. The third-order valence-electron chi connectivity index (χ3n) is 3.88. The lowest BCUT2D eigenvalue weighted by atomic mass is 10.0. The number of aryl methyl sites for hydroxylation is 1. The molecule has 3 nitrogen and oxygen atoms in total. The van der Waals surface area contributed by atoms with Gasteiger partial charge in [0, 0.05) is 29.1 Å². The van der Waals surface area contributed by atoms with Crippen LogP contribution in [0, 0.1) is 23.0 Å². The number of halogens is 2. The van der Waals surface area contributed by atoms with Crippen LogP contribution in [-0.2, 0) is 6.42 Å². The molecule has 0 aliphatic heterocycles. The normalized spacial score (nSPS) is 10.5. The minimum Gasteiger partial charge on any atom is -0.236 e. The molecule has 0 atom stereocenters. The van der Waals surface area contributed by atoms with Crippen molar-refractivity contribution in [2.45, 2.75) is 19.8 Å². The molecule has 124 valence electrons. The molecule has 0 bridgehead atoms. The number of rotatable bonds is 4. The van der Waals surface area contributed by atoms with Gasteiger partial charge in [-0.25, -0.2) is 18.7 Å². The molecule has 25 heavy (non-hydrogen) atoms. The van der Waals surface area contributed by atoms with Crippen LogP contribution in [0.4, 0.5) is 8.78 Å². The Kier molecular flexibility index (Phi) is 4.80. The molecule has 0 aliphatic rings. The number of hydrogen-bond acceptors (Lipinski definition) is 3. The van der Waals surface area contributed by atoms with Gasteiger partial charge in [0.2, 0.25) is 0 Å². The molecule has 0 N–H and O–H groups in total. The Hall–Kier alpha value is -3.13. The van der Waals surface area contributed by atoms with Crippen molar-refractivity contribution in [3.63, 3.8) is 0 Å². The predicted molar refractivity (Wildman–Crippen MR) is 91.5 cm³/mol. The highest BCUT2D eigenvalue weighted by molar-refractivity contribution is 5.65. The Bertz CT molecular complexity index is 944. The minimum atomic E-state index is -0.620. The lowest BCUT2D eigenvalue weighted by Crippen LogP contribution is -1.94. The predicted octanol–water partition coefficient (Wildman–Crippen LogP) is 4.91. The van der Waals surface area contributed by atoms with Crippen molar-refractivity contribution < 1.29 is 8.78 Å². The summed E-state index contributed by atoms with van der Waals surface area (Å²) in [5, 5.41) is 8.76. The second-order valence-electron chi connectivity index (χ2n) is 5.67. The first kappa shape index (κ1) is 16.7. The number of nitrogens with zero attached hydrogens (tertiary/aromatic N) is 3. The average Bonchev–Trinajstić information content (AvgIpc) is 2.62. The summed E-state index contributed by atoms with van der Waals surface area (Å²) in [6, 6.07) is 11.1. The molecule has 0 aliphatic carbocycles. The van der Waals surface area contributed by atoms with Gasteiger partial charge in [-0.05, 0) is 36.2 Å². The van der Waals surface area contributed by atoms with Crippen molar-refractivity contribution in [1.29, 1.82) is 5.26 Å². The topological polar surface area (TPSA) is 49.6 Å². The fourth-order valence-electron chi connectivity index (χ4n) is 2.60. The van der Waals surface area contributed by atoms with E-state index in [-0.39, 0.29) is 11.4 Å². The molecule has 0 fully saturated rings. The molecule has 5 heteroatoms. The molecule has 1 aromatic heterocycles. The Balaban J connectivity index is 1.90. The molecule has 0 saturated carbocycles. The Morgan fingerprint density at radius 2 is 1.72 bits per heavy atom. The third kappa shape index (κ3) is 3.53. The maximum atomic E-state index is 14.3. The molecule has 1 heterocycles. The molecular formula is C20H15F2N3. The van der Waals surface area contributed by atoms with E-state index < -0.39 is 5.82 Å². The van der Waals surface area contributed by atoms with Crippen LogP contribution in [0.3, 0.4) is 0 Å². The highest BCUT2D eigenvalue weighted by Crippen LogP contribution is 2.25. The van der Waals surface area contributed by atoms with Crippen molar-refractivity contribution in [2.24, 2.45) is 0 Å². The van der Waals surface area contributed by atoms with E-state index in [0.29, 0.717) is 22.5 Å². The van der Waals surface area contributed by atoms with E-state index in [2.05, 4.69) is 9.97 Å². The van der Waals surface area contributed by atoms with E-state index >= 15 is 0 Å². The summed E-state index contributed by atoms with van der Waals surface area (Å²) in [5.74, 6) is -0.618. The van der Waals surface area contributed by atoms with E-state index in [1.54, 1.807) is 18.2 Å². The lowest BCUT2D eigenvalue weighted by Gasteiger charge is -2.07. The second kappa shape index (κ2) is 7.18. The Morgan fingerprint density at radius 3 is 2.32 bits per heavy atom. The molecule has 2 aromatic carbocycles. The van der Waals surface area contributed by atoms with Crippen LogP contribution >= 0.6 is 0 Å². The highest BCUT2D eigenvalue weighted by Gasteiger charge is 2.10. The quantitative estimate of drug-likeness (QED) is 0.680. The largest absolute Gasteiger partial charge is 0.236 e. The molecule has 3 aromatic rings. The molecule has 0 amide bonds. The zero-order valence-electron chi connectivity index (χ0n) is 13.6. The van der Waals surface area contributed by atoms with E-state index in [0.717, 1.165) is 18.4 Å². The van der Waals surface area contributed by atoms with E-state index in [1.165, 1.54) is 30.6 Å². The third-order valence-corrected chi connectivity index (χ3v) is 3.88. The van der Waals surface area contributed by atoms with Crippen molar-refractivity contribution >= 4 is 0 Å². The van der Waals surface area contributed by atoms with Crippen LogP contribution in [0.1, 0.15) is 24.5 Å². The molecular weight excluding hydrogens is 320 g/mol. The van der Waals surface area contributed by atoms with Gasteiger partial charge in [-0.3, -0.25) is 0 Å². The van der Waals surface area contributed by atoms with Gasteiger partial charge in [0.05, 0.1) is 5.56 Å². The maximum Gasteiger partial charge on any atom is 0.159 e. The first-order chi connectivity index (χ1) is 12.1. The summed E-state index contributed by atoms with van der Waals surface area (Å²) >= 11 is 0. The molecule has 0 saturated heterocycles. The minimum absolute atomic E-state index is 0.0328. The summed E-state index contributed by atoms with van der Waals surface area (Å²) in [4.78, 5) is 8.39. The maximum absolute atomic E-state index is 14.3. The van der Waals surface area contributed by atoms with Crippen molar-refractivity contribution in [3.8, 4) is 28.6 Å². The van der Waals surface area contributed by atoms with Crippen LogP contribution < -0.4 is 0 Å². The standard InChI is InChI=1S/C20H15F2N3/c1-2-3-13-4-7-17(19(22)8-13)16-11-24-20(25-12-16)14-5-6-15(10-23)18(21)9-14/h4-9,11-12H,2-3H2,1H3. The van der Waals surface area contributed by atoms with Crippen molar-refractivity contribution in [2.75, 3.05) is 0 Å². The van der Waals surface area contributed by atoms with Gasteiger partial charge in [0.1, 0.15) is 17.7 Å². The molecule has 0 unspecified atom stereocenters. The smallest absolute Gasteiger partial charge is 0.159 e. The fraction of sp³-hybridized carbons (Fsp3) is 0.150.